The molecule has 0 bridgehead atoms. The molecule has 5 rings (SSSR count). The van der Waals surface area contributed by atoms with E-state index in [1.807, 2.05) is 19.0 Å². The van der Waals surface area contributed by atoms with Crippen molar-refractivity contribution < 1.29 is 39.7 Å². The Kier molecular flexibility index (Phi) is 5.76. The van der Waals surface area contributed by atoms with Crippen molar-refractivity contribution in [3.63, 3.8) is 0 Å². The number of nitro benzene ring substituents is 1. The monoisotopic (exact) mass is 535 g/mol. The van der Waals surface area contributed by atoms with Crippen LogP contribution in [0.15, 0.2) is 47.2 Å². The number of rotatable bonds is 4. The Morgan fingerprint density at radius 3 is 2.33 bits per heavy atom. The van der Waals surface area contributed by atoms with Crippen LogP contribution < -0.4 is 10.6 Å². The van der Waals surface area contributed by atoms with Gasteiger partial charge in [-0.2, -0.15) is 0 Å². The molecule has 3 atom stereocenters. The second kappa shape index (κ2) is 8.67. The van der Waals surface area contributed by atoms with E-state index in [4.69, 9.17) is 5.73 Å². The van der Waals surface area contributed by atoms with Crippen LogP contribution in [0.1, 0.15) is 24.0 Å². The highest BCUT2D eigenvalue weighted by Crippen LogP contribution is 2.54. The summed E-state index contributed by atoms with van der Waals surface area (Å²) >= 11 is 0. The Bertz CT molecular complexity index is 1560. The minimum atomic E-state index is -2.71. The lowest BCUT2D eigenvalue weighted by Gasteiger charge is -2.46. The molecule has 1 amide bonds. The van der Waals surface area contributed by atoms with Crippen LogP contribution >= 0.6 is 0 Å². The number of phenols is 1. The number of anilines is 1. The van der Waals surface area contributed by atoms with Gasteiger partial charge in [0.05, 0.1) is 10.5 Å². The lowest BCUT2D eigenvalue weighted by Crippen LogP contribution is -2.58. The molecule has 3 aliphatic rings. The maximum absolute atomic E-state index is 13.7. The first-order valence-corrected chi connectivity index (χ1v) is 12.1. The van der Waals surface area contributed by atoms with Crippen molar-refractivity contribution in [3.8, 4) is 16.9 Å². The van der Waals surface area contributed by atoms with Crippen LogP contribution in [0.3, 0.4) is 0 Å². The van der Waals surface area contributed by atoms with E-state index in [0.29, 0.717) is 16.7 Å². The molecule has 0 spiro atoms. The fourth-order valence-corrected chi connectivity index (χ4v) is 6.01. The van der Waals surface area contributed by atoms with Crippen molar-refractivity contribution in [3.05, 3.63) is 68.5 Å². The Morgan fingerprint density at radius 2 is 1.77 bits per heavy atom. The number of aliphatic hydroxyl groups excluding tert-OH is 2. The van der Waals surface area contributed by atoms with Gasteiger partial charge in [-0.25, -0.2) is 0 Å². The average Bonchev–Trinajstić information content (AvgIpc) is 2.86. The summed E-state index contributed by atoms with van der Waals surface area (Å²) in [5.74, 6) is -7.99. The highest BCUT2D eigenvalue weighted by Gasteiger charge is 2.60. The number of hydrogen-bond acceptors (Lipinski definition) is 10. The predicted molar refractivity (Wildman–Crippen MR) is 138 cm³/mol. The topological polar surface area (TPSA) is 205 Å². The molecule has 39 heavy (non-hydrogen) atoms. The zero-order chi connectivity index (χ0) is 28.5. The Labute approximate surface area is 221 Å². The molecule has 0 aromatic heterocycles. The smallest absolute Gasteiger partial charge is 0.312 e. The van der Waals surface area contributed by atoms with Crippen LogP contribution in [0.2, 0.25) is 0 Å². The summed E-state index contributed by atoms with van der Waals surface area (Å²) in [5, 5.41) is 56.0. The summed E-state index contributed by atoms with van der Waals surface area (Å²) in [4.78, 5) is 50.9. The Hall–Kier alpha value is -4.71. The molecular weight excluding hydrogens is 510 g/mol. The normalized spacial score (nSPS) is 24.2. The molecule has 0 heterocycles. The van der Waals surface area contributed by atoms with Gasteiger partial charge in [-0.05, 0) is 47.6 Å². The van der Waals surface area contributed by atoms with Crippen LogP contribution in [0.4, 0.5) is 11.4 Å². The third-order valence-corrected chi connectivity index (χ3v) is 7.93. The number of nitrogens with zero attached hydrogens (tertiary/aromatic N) is 2. The number of nitrogens with two attached hydrogens (primary N) is 1. The summed E-state index contributed by atoms with van der Waals surface area (Å²) < 4.78 is 0. The Morgan fingerprint density at radius 1 is 1.13 bits per heavy atom. The van der Waals surface area contributed by atoms with Crippen LogP contribution in [0, 0.1) is 22.0 Å². The van der Waals surface area contributed by atoms with Crippen LogP contribution in [0.25, 0.3) is 16.9 Å². The summed E-state index contributed by atoms with van der Waals surface area (Å²) in [6.45, 7) is 0. The number of hydrogen-bond donors (Lipinski definition) is 5. The molecule has 0 saturated heterocycles. The van der Waals surface area contributed by atoms with E-state index >= 15 is 0 Å². The van der Waals surface area contributed by atoms with Gasteiger partial charge in [0.15, 0.2) is 11.4 Å². The standard InChI is InChI=1S/C27H25N3O9/c1-29(2)14-5-3-11(4-6-14)15-10-17(30(38)39)22(32)20-16(15)8-12-7-13-9-18(31)21(26(28)36)25(35)27(13,37)24(34)19(12)23(20)33/h3-6,10,12-13,32-33,35,37H,7-9H2,1-2H3,(H2,28,36)/t12-,13+,27+/m1/s1. The van der Waals surface area contributed by atoms with E-state index in [1.54, 1.807) is 24.3 Å². The van der Waals surface area contributed by atoms with E-state index in [-0.39, 0.29) is 24.0 Å². The number of fused-ring (bicyclic) bond motifs is 3. The lowest BCUT2D eigenvalue weighted by molar-refractivity contribution is -0.385. The van der Waals surface area contributed by atoms with E-state index in [0.717, 1.165) is 5.69 Å². The molecule has 0 unspecified atom stereocenters. The number of Topliss-reactive ketones (excluding diaryl/α,β-unsaturated/α-hetero) is 2. The molecule has 1 fully saturated rings. The van der Waals surface area contributed by atoms with E-state index < -0.39 is 74.8 Å². The molecule has 0 aliphatic heterocycles. The first-order chi connectivity index (χ1) is 18.3. The fraction of sp³-hybridized carbons (Fsp3) is 0.296. The van der Waals surface area contributed by atoms with Gasteiger partial charge < -0.3 is 31.1 Å². The first kappa shape index (κ1) is 25.9. The van der Waals surface area contributed by atoms with Gasteiger partial charge in [0, 0.05) is 43.8 Å². The molecule has 3 aliphatic carbocycles. The zero-order valence-corrected chi connectivity index (χ0v) is 21.0. The predicted octanol–water partition coefficient (Wildman–Crippen LogP) is 2.07. The summed E-state index contributed by atoms with van der Waals surface area (Å²) in [5.41, 5.74) is 2.34. The third kappa shape index (κ3) is 3.59. The number of phenolic OH excluding ortho intramolecular Hbond substituents is 1. The molecule has 6 N–H and O–H groups in total. The van der Waals surface area contributed by atoms with E-state index in [1.165, 1.54) is 6.07 Å². The van der Waals surface area contributed by atoms with Gasteiger partial charge in [-0.3, -0.25) is 24.5 Å². The fourth-order valence-electron chi connectivity index (χ4n) is 6.01. The number of aliphatic hydroxyl groups is 3. The Balaban J connectivity index is 1.75. The van der Waals surface area contributed by atoms with Crippen molar-refractivity contribution in [2.75, 3.05) is 19.0 Å². The molecule has 2 aromatic rings. The molecule has 202 valence electrons. The van der Waals surface area contributed by atoms with E-state index in [2.05, 4.69) is 0 Å². The highest BCUT2D eigenvalue weighted by molar-refractivity contribution is 6.22. The average molecular weight is 536 g/mol. The number of amides is 1. The van der Waals surface area contributed by atoms with Gasteiger partial charge in [0.2, 0.25) is 11.5 Å². The van der Waals surface area contributed by atoms with Crippen molar-refractivity contribution in [2.24, 2.45) is 17.6 Å². The van der Waals surface area contributed by atoms with Crippen molar-refractivity contribution in [1.82, 2.24) is 0 Å². The number of carbonyl (C=O) groups is 3. The van der Waals surface area contributed by atoms with Crippen LogP contribution in [-0.4, -0.2) is 62.5 Å². The lowest BCUT2D eigenvalue weighted by atomic mass is 9.59. The second-order valence-electron chi connectivity index (χ2n) is 10.3. The SMILES string of the molecule is CN(C)c1ccc(-c2cc([N+](=O)[O-])c(O)c3c2C[C@H]2C[C@H]4CC(=O)C(C(N)=O)=C(O)[C@@]4(O)C(=O)C2=C3O)cc1. The molecule has 0 radical (unpaired) electrons. The van der Waals surface area contributed by atoms with E-state index in [9.17, 15) is 44.9 Å². The maximum Gasteiger partial charge on any atom is 0.312 e. The highest BCUT2D eigenvalue weighted by atomic mass is 16.6. The third-order valence-electron chi connectivity index (χ3n) is 7.93. The number of benzene rings is 2. The molecule has 12 nitrogen and oxygen atoms in total. The van der Waals surface area contributed by atoms with Crippen LogP contribution in [-0.2, 0) is 20.8 Å². The number of aromatic hydroxyl groups is 1. The van der Waals surface area contributed by atoms with Crippen molar-refractivity contribution in [1.29, 1.82) is 0 Å². The molecule has 2 aromatic carbocycles. The minimum Gasteiger partial charge on any atom is -0.508 e. The summed E-state index contributed by atoms with van der Waals surface area (Å²) in [7, 11) is 3.70. The summed E-state index contributed by atoms with van der Waals surface area (Å²) in [6.07, 6.45) is -0.448. The van der Waals surface area contributed by atoms with Crippen molar-refractivity contribution >= 4 is 34.6 Å². The van der Waals surface area contributed by atoms with Gasteiger partial charge in [-0.15, -0.1) is 0 Å². The molecular formula is C27H25N3O9. The quantitative estimate of drug-likeness (QED) is 0.219. The second-order valence-corrected chi connectivity index (χ2v) is 10.3. The van der Waals surface area contributed by atoms with Crippen molar-refractivity contribution in [2.45, 2.75) is 24.9 Å². The molecule has 12 heteroatoms. The first-order valence-electron chi connectivity index (χ1n) is 12.1. The number of ketones is 2. The number of primary amides is 1. The number of carbonyl (C=O) groups excluding carboxylic acids is 3. The largest absolute Gasteiger partial charge is 0.508 e. The van der Waals surface area contributed by atoms with Gasteiger partial charge in [0.1, 0.15) is 17.1 Å². The number of nitro groups is 1. The minimum absolute atomic E-state index is 0.0324. The van der Waals surface area contributed by atoms with Crippen LogP contribution in [0.5, 0.6) is 5.75 Å². The van der Waals surface area contributed by atoms with Gasteiger partial charge >= 0.3 is 5.69 Å². The zero-order valence-electron chi connectivity index (χ0n) is 21.0. The van der Waals surface area contributed by atoms with Gasteiger partial charge in [0.25, 0.3) is 5.91 Å². The van der Waals surface area contributed by atoms with Gasteiger partial charge in [-0.1, -0.05) is 12.1 Å². The maximum atomic E-state index is 13.7. The molecule has 1 saturated carbocycles. The summed E-state index contributed by atoms with van der Waals surface area (Å²) in [6, 6.07) is 8.28.